The molecule has 21 heavy (non-hydrogen) atoms. The van der Waals surface area contributed by atoms with Gasteiger partial charge in [0, 0.05) is 11.4 Å². The lowest BCUT2D eigenvalue weighted by Gasteiger charge is -2.09. The molecule has 3 aromatic rings. The molecule has 0 aliphatic rings. The van der Waals surface area contributed by atoms with E-state index in [1.54, 1.807) is 15.9 Å². The summed E-state index contributed by atoms with van der Waals surface area (Å²) in [5, 5.41) is 0. The Bertz CT molecular complexity index is 834. The molecule has 110 valence electrons. The minimum atomic E-state index is -0.309. The zero-order valence-electron chi connectivity index (χ0n) is 11.5. The first kappa shape index (κ1) is 14.6. The van der Waals surface area contributed by atoms with E-state index in [2.05, 4.69) is 15.9 Å². The fourth-order valence-corrected chi connectivity index (χ4v) is 3.82. The van der Waals surface area contributed by atoms with Crippen molar-refractivity contribution >= 4 is 38.4 Å². The molecule has 0 bridgehead atoms. The molecule has 6 heteroatoms. The van der Waals surface area contributed by atoms with E-state index < -0.39 is 0 Å². The van der Waals surface area contributed by atoms with Crippen molar-refractivity contribution in [2.75, 3.05) is 0 Å². The fourth-order valence-electron chi connectivity index (χ4n) is 2.37. The second kappa shape index (κ2) is 5.79. The summed E-state index contributed by atoms with van der Waals surface area (Å²) in [5.74, 6) is -0.309. The summed E-state index contributed by atoms with van der Waals surface area (Å²) in [6.07, 6.45) is 0.888. The molecule has 1 unspecified atom stereocenters. The molecule has 0 saturated heterocycles. The summed E-state index contributed by atoms with van der Waals surface area (Å²) in [6, 6.07) is 9.50. The summed E-state index contributed by atoms with van der Waals surface area (Å²) in [7, 11) is 0. The first-order valence-electron chi connectivity index (χ1n) is 6.74. The van der Waals surface area contributed by atoms with Crippen LogP contribution in [0.1, 0.15) is 29.8 Å². The predicted octanol–water partition coefficient (Wildman–Crippen LogP) is 3.88. The Balaban J connectivity index is 2.03. The molecule has 3 rings (SSSR count). The summed E-state index contributed by atoms with van der Waals surface area (Å²) < 4.78 is 8.04. The van der Waals surface area contributed by atoms with Gasteiger partial charge in [0.05, 0.1) is 15.3 Å². The second-order valence-corrected chi connectivity index (χ2v) is 7.36. The van der Waals surface area contributed by atoms with E-state index in [0.717, 1.165) is 26.2 Å². The minimum Gasteiger partial charge on any atom is -0.408 e. The molecule has 0 aliphatic heterocycles. The summed E-state index contributed by atoms with van der Waals surface area (Å²) in [4.78, 5) is 12.9. The van der Waals surface area contributed by atoms with Crippen LogP contribution in [0.5, 0.6) is 0 Å². The van der Waals surface area contributed by atoms with Crippen LogP contribution in [0.15, 0.2) is 43.3 Å². The van der Waals surface area contributed by atoms with Crippen LogP contribution < -0.4 is 11.5 Å². The van der Waals surface area contributed by atoms with Gasteiger partial charge in [0.1, 0.15) is 0 Å². The Hall–Kier alpha value is -1.37. The van der Waals surface area contributed by atoms with Crippen molar-refractivity contribution in [3.8, 4) is 0 Å². The number of oxazole rings is 1. The van der Waals surface area contributed by atoms with Crippen LogP contribution in [0.3, 0.4) is 0 Å². The Kier molecular flexibility index (Phi) is 4.01. The third-order valence-electron chi connectivity index (χ3n) is 3.40. The molecule has 2 N–H and O–H groups in total. The van der Waals surface area contributed by atoms with Crippen LogP contribution in [0, 0.1) is 0 Å². The molecule has 0 radical (unpaired) electrons. The number of thiophene rings is 1. The topological polar surface area (TPSA) is 61.2 Å². The summed E-state index contributed by atoms with van der Waals surface area (Å²) in [5.41, 5.74) is 8.64. The number of hydrogen-bond acceptors (Lipinski definition) is 4. The highest BCUT2D eigenvalue weighted by molar-refractivity contribution is 9.11. The van der Waals surface area contributed by atoms with Gasteiger partial charge in [0.25, 0.3) is 0 Å². The first-order valence-corrected chi connectivity index (χ1v) is 8.35. The van der Waals surface area contributed by atoms with Crippen molar-refractivity contribution < 1.29 is 4.42 Å². The van der Waals surface area contributed by atoms with Crippen LogP contribution in [0.2, 0.25) is 0 Å². The van der Waals surface area contributed by atoms with Gasteiger partial charge in [-0.15, -0.1) is 11.3 Å². The maximum absolute atomic E-state index is 11.8. The van der Waals surface area contributed by atoms with Crippen LogP contribution in [-0.2, 0) is 6.54 Å². The predicted molar refractivity (Wildman–Crippen MR) is 88.8 cm³/mol. The molecule has 0 saturated carbocycles. The number of rotatable bonds is 4. The maximum Gasteiger partial charge on any atom is 0.419 e. The molecule has 2 heterocycles. The highest BCUT2D eigenvalue weighted by Crippen LogP contribution is 2.30. The van der Waals surface area contributed by atoms with Gasteiger partial charge in [0.2, 0.25) is 0 Å². The zero-order valence-corrected chi connectivity index (χ0v) is 13.9. The van der Waals surface area contributed by atoms with Crippen molar-refractivity contribution in [2.24, 2.45) is 5.73 Å². The van der Waals surface area contributed by atoms with Crippen molar-refractivity contribution in [1.82, 2.24) is 4.57 Å². The third kappa shape index (κ3) is 2.71. The SMILES string of the molecule is CCCn1c(=O)oc2cc(C(N)c3ccc(Br)s3)ccc21. The van der Waals surface area contributed by atoms with E-state index in [1.165, 1.54) is 0 Å². The standard InChI is InChI=1S/C15H15BrN2O2S/c1-2-7-18-10-4-3-9(8-11(10)20-15(18)19)14(17)12-5-6-13(16)21-12/h3-6,8,14H,2,7,17H2,1H3. The van der Waals surface area contributed by atoms with Crippen LogP contribution in [0.4, 0.5) is 0 Å². The van der Waals surface area contributed by atoms with Crippen molar-refractivity contribution in [2.45, 2.75) is 25.9 Å². The van der Waals surface area contributed by atoms with Gasteiger partial charge < -0.3 is 10.2 Å². The lowest BCUT2D eigenvalue weighted by Crippen LogP contribution is -2.13. The van der Waals surface area contributed by atoms with Gasteiger partial charge in [-0.05, 0) is 52.2 Å². The molecule has 1 aromatic carbocycles. The molecule has 0 fully saturated rings. The molecular weight excluding hydrogens is 352 g/mol. The third-order valence-corrected chi connectivity index (χ3v) is 5.11. The first-order chi connectivity index (χ1) is 10.1. The highest BCUT2D eigenvalue weighted by Gasteiger charge is 2.15. The molecule has 0 amide bonds. The molecule has 2 aromatic heterocycles. The molecular formula is C15H15BrN2O2S. The molecule has 1 atom stereocenters. The fraction of sp³-hybridized carbons (Fsp3) is 0.267. The monoisotopic (exact) mass is 366 g/mol. The highest BCUT2D eigenvalue weighted by atomic mass is 79.9. The van der Waals surface area contributed by atoms with Gasteiger partial charge in [-0.1, -0.05) is 13.0 Å². The number of nitrogens with two attached hydrogens (primary N) is 1. The van der Waals surface area contributed by atoms with Gasteiger partial charge in [-0.25, -0.2) is 4.79 Å². The van der Waals surface area contributed by atoms with E-state index in [9.17, 15) is 4.79 Å². The average molecular weight is 367 g/mol. The largest absolute Gasteiger partial charge is 0.419 e. The lowest BCUT2D eigenvalue weighted by atomic mass is 10.1. The zero-order chi connectivity index (χ0) is 15.0. The maximum atomic E-state index is 11.8. The van der Waals surface area contributed by atoms with Crippen molar-refractivity contribution in [3.63, 3.8) is 0 Å². The number of nitrogens with zero attached hydrogens (tertiary/aromatic N) is 1. The van der Waals surface area contributed by atoms with E-state index in [1.807, 2.05) is 37.3 Å². The van der Waals surface area contributed by atoms with Crippen LogP contribution in [-0.4, -0.2) is 4.57 Å². The second-order valence-electron chi connectivity index (χ2n) is 4.87. The van der Waals surface area contributed by atoms with Crippen molar-refractivity contribution in [3.05, 3.63) is 55.1 Å². The normalized spacial score (nSPS) is 12.9. The van der Waals surface area contributed by atoms with E-state index in [0.29, 0.717) is 12.1 Å². The van der Waals surface area contributed by atoms with Gasteiger partial charge in [-0.2, -0.15) is 0 Å². The summed E-state index contributed by atoms with van der Waals surface area (Å²) >= 11 is 5.05. The van der Waals surface area contributed by atoms with Crippen LogP contribution in [0.25, 0.3) is 11.1 Å². The van der Waals surface area contributed by atoms with E-state index in [4.69, 9.17) is 10.2 Å². The van der Waals surface area contributed by atoms with Gasteiger partial charge in [0.15, 0.2) is 5.58 Å². The lowest BCUT2D eigenvalue weighted by molar-refractivity contribution is 0.502. The summed E-state index contributed by atoms with van der Waals surface area (Å²) in [6.45, 7) is 2.69. The Morgan fingerprint density at radius 1 is 1.38 bits per heavy atom. The molecule has 4 nitrogen and oxygen atoms in total. The number of benzene rings is 1. The Labute approximate surface area is 134 Å². The van der Waals surface area contributed by atoms with Gasteiger partial charge in [-0.3, -0.25) is 4.57 Å². The molecule has 0 spiro atoms. The van der Waals surface area contributed by atoms with E-state index in [-0.39, 0.29) is 11.8 Å². The number of halogens is 1. The Morgan fingerprint density at radius 2 is 2.19 bits per heavy atom. The number of aromatic nitrogens is 1. The van der Waals surface area contributed by atoms with Crippen molar-refractivity contribution in [1.29, 1.82) is 0 Å². The Morgan fingerprint density at radius 3 is 2.86 bits per heavy atom. The van der Waals surface area contributed by atoms with E-state index >= 15 is 0 Å². The number of fused-ring (bicyclic) bond motifs is 1. The quantitative estimate of drug-likeness (QED) is 0.761. The minimum absolute atomic E-state index is 0.217. The van der Waals surface area contributed by atoms with Crippen LogP contribution >= 0.6 is 27.3 Å². The van der Waals surface area contributed by atoms with Gasteiger partial charge >= 0.3 is 5.76 Å². The average Bonchev–Trinajstić information content (AvgIpc) is 3.02. The molecule has 0 aliphatic carbocycles. The smallest absolute Gasteiger partial charge is 0.408 e. The number of hydrogen-bond donors (Lipinski definition) is 1. The number of aryl methyl sites for hydroxylation is 1.